The zero-order valence-corrected chi connectivity index (χ0v) is 17.2. The van der Waals surface area contributed by atoms with Gasteiger partial charge in [0.15, 0.2) is 0 Å². The van der Waals surface area contributed by atoms with Crippen LogP contribution in [0.15, 0.2) is 78.9 Å². The van der Waals surface area contributed by atoms with Crippen molar-refractivity contribution in [1.29, 1.82) is 0 Å². The Morgan fingerprint density at radius 2 is 1.55 bits per heavy atom. The Morgan fingerprint density at radius 1 is 0.931 bits per heavy atom. The smallest absolute Gasteiger partial charge is 0.251 e. The molecule has 0 aromatic heterocycles. The molecule has 3 aromatic rings. The first-order valence-corrected chi connectivity index (χ1v) is 11.2. The Labute approximate surface area is 171 Å². The fourth-order valence-electron chi connectivity index (χ4n) is 3.10. The van der Waals surface area contributed by atoms with Gasteiger partial charge in [0.05, 0.1) is 18.0 Å². The van der Waals surface area contributed by atoms with Crippen LogP contribution in [0.5, 0.6) is 0 Å². The second-order valence-electron chi connectivity index (χ2n) is 7.03. The van der Waals surface area contributed by atoms with Crippen LogP contribution in [0.3, 0.4) is 0 Å². The van der Waals surface area contributed by atoms with Gasteiger partial charge in [-0.1, -0.05) is 66.7 Å². The molecule has 0 aliphatic carbocycles. The van der Waals surface area contributed by atoms with E-state index in [1.54, 1.807) is 25.1 Å². The van der Waals surface area contributed by atoms with Crippen LogP contribution >= 0.6 is 0 Å². The number of carbonyl (C=O) groups is 1. The highest BCUT2D eigenvalue weighted by molar-refractivity contribution is 7.92. The van der Waals surface area contributed by atoms with Gasteiger partial charge in [-0.2, -0.15) is 0 Å². The molecule has 2 N–H and O–H groups in total. The molecule has 3 rings (SSSR count). The normalized spacial score (nSPS) is 12.2. The monoisotopic (exact) mass is 408 g/mol. The summed E-state index contributed by atoms with van der Waals surface area (Å²) < 4.78 is 25.6. The van der Waals surface area contributed by atoms with E-state index in [0.29, 0.717) is 17.7 Å². The number of rotatable bonds is 7. The summed E-state index contributed by atoms with van der Waals surface area (Å²) in [6.45, 7) is 1.79. The average Bonchev–Trinajstić information content (AvgIpc) is 2.69. The topological polar surface area (TPSA) is 75.3 Å². The molecule has 0 spiro atoms. The molecule has 6 heteroatoms. The highest BCUT2D eigenvalue weighted by Gasteiger charge is 2.17. The maximum absolute atomic E-state index is 13.0. The lowest BCUT2D eigenvalue weighted by Crippen LogP contribution is -2.30. The molecule has 3 aromatic carbocycles. The highest BCUT2D eigenvalue weighted by atomic mass is 32.2. The molecule has 5 nitrogen and oxygen atoms in total. The predicted molar refractivity (Wildman–Crippen MR) is 116 cm³/mol. The van der Waals surface area contributed by atoms with Crippen molar-refractivity contribution >= 4 is 21.6 Å². The highest BCUT2D eigenvalue weighted by Crippen LogP contribution is 2.21. The third kappa shape index (κ3) is 5.93. The summed E-state index contributed by atoms with van der Waals surface area (Å²) in [6, 6.07) is 24.6. The molecule has 150 valence electrons. The van der Waals surface area contributed by atoms with Crippen molar-refractivity contribution in [2.75, 3.05) is 11.0 Å². The zero-order valence-electron chi connectivity index (χ0n) is 16.4. The van der Waals surface area contributed by atoms with Crippen LogP contribution in [-0.2, 0) is 16.4 Å². The van der Waals surface area contributed by atoms with Crippen LogP contribution in [0, 0.1) is 6.92 Å². The van der Waals surface area contributed by atoms with Gasteiger partial charge in [0.2, 0.25) is 10.0 Å². The Balaban J connectivity index is 1.86. The summed E-state index contributed by atoms with van der Waals surface area (Å²) in [5.41, 5.74) is 3.67. The van der Waals surface area contributed by atoms with Crippen LogP contribution in [0.25, 0.3) is 0 Å². The summed E-state index contributed by atoms with van der Waals surface area (Å²) in [7, 11) is -3.43. The number of anilines is 1. The third-order valence-electron chi connectivity index (χ3n) is 4.59. The van der Waals surface area contributed by atoms with E-state index in [2.05, 4.69) is 10.0 Å². The second kappa shape index (κ2) is 8.92. The number of nitrogens with one attached hydrogen (secondary N) is 2. The molecule has 0 heterocycles. The lowest BCUT2D eigenvalue weighted by molar-refractivity contribution is 0.0936. The van der Waals surface area contributed by atoms with Crippen molar-refractivity contribution in [3.8, 4) is 0 Å². The van der Waals surface area contributed by atoms with E-state index in [-0.39, 0.29) is 11.9 Å². The molecule has 0 aliphatic rings. The minimum absolute atomic E-state index is 0.210. The molecular formula is C23H24N2O3S. The van der Waals surface area contributed by atoms with Crippen molar-refractivity contribution in [2.45, 2.75) is 19.4 Å². The van der Waals surface area contributed by atoms with Gasteiger partial charge in [0.1, 0.15) is 0 Å². The molecule has 1 unspecified atom stereocenters. The number of aryl methyl sites for hydroxylation is 1. The number of benzene rings is 3. The van der Waals surface area contributed by atoms with Crippen molar-refractivity contribution < 1.29 is 13.2 Å². The minimum Gasteiger partial charge on any atom is -0.345 e. The first kappa shape index (κ1) is 20.6. The zero-order chi connectivity index (χ0) is 20.9. The Hall–Kier alpha value is -3.12. The molecule has 0 radical (unpaired) electrons. The largest absolute Gasteiger partial charge is 0.345 e. The van der Waals surface area contributed by atoms with Crippen molar-refractivity contribution in [3.63, 3.8) is 0 Å². The molecule has 0 bridgehead atoms. The first-order chi connectivity index (χ1) is 13.8. The van der Waals surface area contributed by atoms with E-state index >= 15 is 0 Å². The van der Waals surface area contributed by atoms with Crippen molar-refractivity contribution in [1.82, 2.24) is 5.32 Å². The van der Waals surface area contributed by atoms with Gasteiger partial charge >= 0.3 is 0 Å². The molecule has 1 amide bonds. The van der Waals surface area contributed by atoms with Crippen molar-refractivity contribution in [3.05, 3.63) is 101 Å². The lowest BCUT2D eigenvalue weighted by atomic mass is 9.98. The van der Waals surface area contributed by atoms with Crippen LogP contribution in [0.1, 0.15) is 33.1 Å². The van der Waals surface area contributed by atoms with Gasteiger partial charge in [-0.3, -0.25) is 9.52 Å². The van der Waals surface area contributed by atoms with E-state index in [1.165, 1.54) is 0 Å². The minimum atomic E-state index is -3.43. The summed E-state index contributed by atoms with van der Waals surface area (Å²) in [6.07, 6.45) is 1.74. The Kier molecular flexibility index (Phi) is 6.34. The molecule has 0 saturated heterocycles. The average molecular weight is 409 g/mol. The Bertz CT molecular complexity index is 1080. The molecule has 29 heavy (non-hydrogen) atoms. The van der Waals surface area contributed by atoms with Crippen LogP contribution < -0.4 is 10.0 Å². The Morgan fingerprint density at radius 3 is 2.17 bits per heavy atom. The van der Waals surface area contributed by atoms with E-state index < -0.39 is 10.0 Å². The number of sulfonamides is 1. The molecule has 0 saturated carbocycles. The molecular weight excluding hydrogens is 384 g/mol. The van der Waals surface area contributed by atoms with E-state index in [0.717, 1.165) is 22.9 Å². The standard InChI is InChI=1S/C23H24N2O3S/c1-17-13-14-20(16-21(17)25-29(2,27)28)23(26)24-22(19-11-7-4-8-12-19)15-18-9-5-3-6-10-18/h3-14,16,22,25H,15H2,1-2H3,(H,24,26). The van der Waals surface area contributed by atoms with E-state index in [1.807, 2.05) is 60.7 Å². The maximum atomic E-state index is 13.0. The van der Waals surface area contributed by atoms with Gasteiger partial charge in [-0.25, -0.2) is 8.42 Å². The number of hydrogen-bond acceptors (Lipinski definition) is 3. The van der Waals surface area contributed by atoms with Gasteiger partial charge in [0.25, 0.3) is 5.91 Å². The number of carbonyl (C=O) groups excluding carboxylic acids is 1. The fourth-order valence-corrected chi connectivity index (χ4v) is 3.72. The van der Waals surface area contributed by atoms with Gasteiger partial charge in [0, 0.05) is 5.56 Å². The van der Waals surface area contributed by atoms with Gasteiger partial charge < -0.3 is 5.32 Å². The lowest BCUT2D eigenvalue weighted by Gasteiger charge is -2.20. The number of hydrogen-bond donors (Lipinski definition) is 2. The van der Waals surface area contributed by atoms with Crippen LogP contribution in [0.4, 0.5) is 5.69 Å². The van der Waals surface area contributed by atoms with E-state index in [4.69, 9.17) is 0 Å². The SMILES string of the molecule is Cc1ccc(C(=O)NC(Cc2ccccc2)c2ccccc2)cc1NS(C)(=O)=O. The quantitative estimate of drug-likeness (QED) is 0.619. The van der Waals surface area contributed by atoms with Crippen LogP contribution in [-0.4, -0.2) is 20.6 Å². The summed E-state index contributed by atoms with van der Waals surface area (Å²) >= 11 is 0. The first-order valence-electron chi connectivity index (χ1n) is 9.30. The summed E-state index contributed by atoms with van der Waals surface area (Å²) in [5.74, 6) is -0.258. The summed E-state index contributed by atoms with van der Waals surface area (Å²) in [5, 5.41) is 3.09. The summed E-state index contributed by atoms with van der Waals surface area (Å²) in [4.78, 5) is 13.0. The van der Waals surface area contributed by atoms with Crippen molar-refractivity contribution in [2.24, 2.45) is 0 Å². The molecule has 0 aliphatic heterocycles. The fraction of sp³-hybridized carbons (Fsp3) is 0.174. The second-order valence-corrected chi connectivity index (χ2v) is 8.78. The van der Waals surface area contributed by atoms with E-state index in [9.17, 15) is 13.2 Å². The number of amides is 1. The molecule has 1 atom stereocenters. The van der Waals surface area contributed by atoms with Gasteiger partial charge in [-0.05, 0) is 42.2 Å². The molecule has 0 fully saturated rings. The third-order valence-corrected chi connectivity index (χ3v) is 5.18. The van der Waals surface area contributed by atoms with Gasteiger partial charge in [-0.15, -0.1) is 0 Å². The maximum Gasteiger partial charge on any atom is 0.251 e. The predicted octanol–water partition coefficient (Wildman–Crippen LogP) is 4.08. The van der Waals surface area contributed by atoms with Crippen LogP contribution in [0.2, 0.25) is 0 Å².